The Morgan fingerprint density at radius 2 is 1.69 bits per heavy atom. The molecule has 160 valence electrons. The fourth-order valence-electron chi connectivity index (χ4n) is 3.78. The fraction of sp³-hybridized carbons (Fsp3) is 0.160. The maximum absolute atomic E-state index is 13.5. The van der Waals surface area contributed by atoms with Crippen molar-refractivity contribution in [3.63, 3.8) is 0 Å². The molecule has 0 bridgehead atoms. The summed E-state index contributed by atoms with van der Waals surface area (Å²) in [6, 6.07) is 23.3. The lowest BCUT2D eigenvalue weighted by Gasteiger charge is -2.14. The molecule has 0 aliphatic carbocycles. The fourth-order valence-corrected chi connectivity index (χ4v) is 4.53. The van der Waals surface area contributed by atoms with Crippen LogP contribution in [0, 0.1) is 13.8 Å². The summed E-state index contributed by atoms with van der Waals surface area (Å²) < 4.78 is 9.44. The van der Waals surface area contributed by atoms with Crippen molar-refractivity contribution in [2.45, 2.75) is 19.0 Å². The van der Waals surface area contributed by atoms with E-state index in [1.807, 2.05) is 91.0 Å². The van der Waals surface area contributed by atoms with Gasteiger partial charge in [0.15, 0.2) is 5.16 Å². The zero-order valence-corrected chi connectivity index (χ0v) is 18.7. The molecule has 3 aromatic carbocycles. The molecule has 2 heterocycles. The molecule has 0 atom stereocenters. The molecule has 0 aliphatic rings. The molecular weight excluding hydrogens is 420 g/mol. The summed E-state index contributed by atoms with van der Waals surface area (Å²) in [6.45, 7) is 4.61. The third-order valence-electron chi connectivity index (χ3n) is 5.54. The third kappa shape index (κ3) is 3.54. The van der Waals surface area contributed by atoms with Gasteiger partial charge in [0.05, 0.1) is 23.2 Å². The van der Waals surface area contributed by atoms with Gasteiger partial charge < -0.3 is 4.74 Å². The zero-order valence-electron chi connectivity index (χ0n) is 17.9. The Hall–Kier alpha value is -3.58. The minimum atomic E-state index is -0.0989. The number of ether oxygens (including phenoxy) is 1. The Morgan fingerprint density at radius 1 is 0.906 bits per heavy atom. The standard InChI is InChI=1S/C25H22N4O2S/c1-17-9-8-14-21(18(17)2)28-23(30)20-12-6-7-13-22(20)29-24(28)26-27-25(29)32-16-15-31-19-10-4-3-5-11-19/h3-14H,15-16H2,1-2H3. The molecule has 5 aromatic rings. The molecule has 0 amide bonds. The predicted octanol–water partition coefficient (Wildman–Crippen LogP) is 4.82. The Labute approximate surface area is 189 Å². The van der Waals surface area contributed by atoms with Crippen molar-refractivity contribution in [3.05, 3.63) is 94.3 Å². The van der Waals surface area contributed by atoms with Gasteiger partial charge in [-0.25, -0.2) is 4.57 Å². The van der Waals surface area contributed by atoms with Gasteiger partial charge in [-0.05, 0) is 55.3 Å². The van der Waals surface area contributed by atoms with E-state index >= 15 is 0 Å². The van der Waals surface area contributed by atoms with E-state index < -0.39 is 0 Å². The monoisotopic (exact) mass is 442 g/mol. The van der Waals surface area contributed by atoms with Gasteiger partial charge in [0, 0.05) is 5.75 Å². The highest BCUT2D eigenvalue weighted by Crippen LogP contribution is 2.25. The number of fused-ring (bicyclic) bond motifs is 3. The molecule has 0 N–H and O–H groups in total. The van der Waals surface area contributed by atoms with E-state index in [1.165, 1.54) is 0 Å². The minimum absolute atomic E-state index is 0.0989. The maximum Gasteiger partial charge on any atom is 0.267 e. The summed E-state index contributed by atoms with van der Waals surface area (Å²) in [5.74, 6) is 2.05. The van der Waals surface area contributed by atoms with Crippen LogP contribution in [0.2, 0.25) is 0 Å². The molecule has 0 spiro atoms. The van der Waals surface area contributed by atoms with Crippen molar-refractivity contribution in [3.8, 4) is 11.4 Å². The molecule has 0 saturated heterocycles. The van der Waals surface area contributed by atoms with Crippen LogP contribution < -0.4 is 10.3 Å². The van der Waals surface area contributed by atoms with Crippen LogP contribution in [-0.4, -0.2) is 31.5 Å². The highest BCUT2D eigenvalue weighted by molar-refractivity contribution is 7.99. The molecule has 0 unspecified atom stereocenters. The van der Waals surface area contributed by atoms with Gasteiger partial charge in [-0.1, -0.05) is 54.2 Å². The van der Waals surface area contributed by atoms with Crippen LogP contribution in [0.1, 0.15) is 11.1 Å². The van der Waals surface area contributed by atoms with E-state index in [0.717, 1.165) is 33.2 Å². The van der Waals surface area contributed by atoms with Crippen LogP contribution in [0.25, 0.3) is 22.4 Å². The van der Waals surface area contributed by atoms with Crippen molar-refractivity contribution in [1.29, 1.82) is 0 Å². The predicted molar refractivity (Wildman–Crippen MR) is 128 cm³/mol. The van der Waals surface area contributed by atoms with Crippen LogP contribution >= 0.6 is 11.8 Å². The average Bonchev–Trinajstić information content (AvgIpc) is 3.24. The van der Waals surface area contributed by atoms with Gasteiger partial charge >= 0.3 is 0 Å². The number of aryl methyl sites for hydroxylation is 1. The van der Waals surface area contributed by atoms with Crippen molar-refractivity contribution < 1.29 is 4.74 Å². The van der Waals surface area contributed by atoms with Gasteiger partial charge in [0.25, 0.3) is 5.56 Å². The van der Waals surface area contributed by atoms with Crippen LogP contribution in [0.5, 0.6) is 5.75 Å². The SMILES string of the molecule is Cc1cccc(-n2c(=O)c3ccccc3n3c(SCCOc4ccccc4)nnc23)c1C. The molecule has 2 aromatic heterocycles. The van der Waals surface area contributed by atoms with Gasteiger partial charge in [-0.15, -0.1) is 10.2 Å². The van der Waals surface area contributed by atoms with Crippen LogP contribution in [0.15, 0.2) is 82.7 Å². The highest BCUT2D eigenvalue weighted by Gasteiger charge is 2.19. The maximum atomic E-state index is 13.5. The minimum Gasteiger partial charge on any atom is -0.493 e. The number of para-hydroxylation sites is 2. The summed E-state index contributed by atoms with van der Waals surface area (Å²) in [4.78, 5) is 13.5. The van der Waals surface area contributed by atoms with E-state index in [0.29, 0.717) is 23.5 Å². The van der Waals surface area contributed by atoms with Crippen molar-refractivity contribution in [2.24, 2.45) is 0 Å². The second-order valence-electron chi connectivity index (χ2n) is 7.50. The first-order valence-corrected chi connectivity index (χ1v) is 11.4. The third-order valence-corrected chi connectivity index (χ3v) is 6.43. The quantitative estimate of drug-likeness (QED) is 0.279. The highest BCUT2D eigenvalue weighted by atomic mass is 32.2. The molecule has 32 heavy (non-hydrogen) atoms. The van der Waals surface area contributed by atoms with Gasteiger partial charge in [-0.3, -0.25) is 9.20 Å². The van der Waals surface area contributed by atoms with E-state index in [9.17, 15) is 4.79 Å². The number of nitrogens with zero attached hydrogens (tertiary/aromatic N) is 4. The van der Waals surface area contributed by atoms with Gasteiger partial charge in [0.2, 0.25) is 5.78 Å². The summed E-state index contributed by atoms with van der Waals surface area (Å²) in [7, 11) is 0. The number of thioether (sulfide) groups is 1. The number of benzene rings is 3. The Bertz CT molecular complexity index is 1470. The van der Waals surface area contributed by atoms with Gasteiger partial charge in [-0.2, -0.15) is 0 Å². The summed E-state index contributed by atoms with van der Waals surface area (Å²) in [6.07, 6.45) is 0. The van der Waals surface area contributed by atoms with E-state index in [2.05, 4.69) is 10.2 Å². The second-order valence-corrected chi connectivity index (χ2v) is 8.57. The topological polar surface area (TPSA) is 61.4 Å². The number of rotatable bonds is 6. The Morgan fingerprint density at radius 3 is 2.53 bits per heavy atom. The second kappa shape index (κ2) is 8.51. The summed E-state index contributed by atoms with van der Waals surface area (Å²) in [5, 5.41) is 10.2. The van der Waals surface area contributed by atoms with Crippen molar-refractivity contribution in [1.82, 2.24) is 19.2 Å². The van der Waals surface area contributed by atoms with E-state index in [4.69, 9.17) is 4.74 Å². The molecule has 0 aliphatic heterocycles. The van der Waals surface area contributed by atoms with Crippen LogP contribution in [0.4, 0.5) is 0 Å². The molecule has 7 heteroatoms. The number of hydrogen-bond acceptors (Lipinski definition) is 5. The lowest BCUT2D eigenvalue weighted by Crippen LogP contribution is -2.22. The molecular formula is C25H22N4O2S. The Kier molecular flexibility index (Phi) is 5.41. The first-order chi connectivity index (χ1) is 15.6. The zero-order chi connectivity index (χ0) is 22.1. The van der Waals surface area contributed by atoms with Crippen molar-refractivity contribution in [2.75, 3.05) is 12.4 Å². The van der Waals surface area contributed by atoms with E-state index in [-0.39, 0.29) is 5.56 Å². The van der Waals surface area contributed by atoms with E-state index in [1.54, 1.807) is 16.3 Å². The van der Waals surface area contributed by atoms with Crippen molar-refractivity contribution >= 4 is 28.4 Å². The van der Waals surface area contributed by atoms with Crippen LogP contribution in [-0.2, 0) is 0 Å². The lowest BCUT2D eigenvalue weighted by molar-refractivity contribution is 0.344. The Balaban J connectivity index is 1.58. The smallest absolute Gasteiger partial charge is 0.267 e. The summed E-state index contributed by atoms with van der Waals surface area (Å²) >= 11 is 1.56. The molecule has 0 saturated carbocycles. The molecule has 0 radical (unpaired) electrons. The first-order valence-electron chi connectivity index (χ1n) is 10.4. The van der Waals surface area contributed by atoms with Crippen LogP contribution in [0.3, 0.4) is 0 Å². The molecule has 5 rings (SSSR count). The number of hydrogen-bond donors (Lipinski definition) is 0. The van der Waals surface area contributed by atoms with Gasteiger partial charge in [0.1, 0.15) is 5.75 Å². The molecule has 0 fully saturated rings. The normalized spacial score (nSPS) is 11.3. The lowest BCUT2D eigenvalue weighted by atomic mass is 10.1. The molecule has 6 nitrogen and oxygen atoms in total. The average molecular weight is 443 g/mol. The summed E-state index contributed by atoms with van der Waals surface area (Å²) in [5.41, 5.74) is 3.68. The number of aromatic nitrogens is 4. The largest absolute Gasteiger partial charge is 0.493 e. The first kappa shape index (κ1) is 20.3.